The summed E-state index contributed by atoms with van der Waals surface area (Å²) in [7, 11) is 0. The predicted octanol–water partition coefficient (Wildman–Crippen LogP) is 0.740. The SMILES string of the molecule is Cc1[c-]c(Br)nnn1.[V+2]. The molecule has 5 heteroatoms. The second-order valence-electron chi connectivity index (χ2n) is 1.29. The van der Waals surface area contributed by atoms with Crippen LogP contribution in [0.3, 0.4) is 0 Å². The molecule has 0 N–H and O–H groups in total. The van der Waals surface area contributed by atoms with Crippen molar-refractivity contribution in [3.05, 3.63) is 16.4 Å². The molecule has 0 amide bonds. The van der Waals surface area contributed by atoms with E-state index in [0.717, 1.165) is 5.69 Å². The molecule has 3 nitrogen and oxygen atoms in total. The molecule has 45 valence electrons. The smallest absolute Gasteiger partial charge is 0.411 e. The Bertz CT molecular complexity index is 176. The summed E-state index contributed by atoms with van der Waals surface area (Å²) in [6.07, 6.45) is 0. The first kappa shape index (κ1) is 9.07. The average Bonchev–Trinajstić information content (AvgIpc) is 1.64. The van der Waals surface area contributed by atoms with Crippen LogP contribution in [0.2, 0.25) is 0 Å². The molecule has 0 aliphatic rings. The summed E-state index contributed by atoms with van der Waals surface area (Å²) in [6, 6.07) is 2.80. The van der Waals surface area contributed by atoms with E-state index in [2.05, 4.69) is 37.4 Å². The van der Waals surface area contributed by atoms with Crippen LogP contribution in [0.25, 0.3) is 0 Å². The molecular formula is C4H3BrN3V+. The Morgan fingerprint density at radius 3 is 2.44 bits per heavy atom. The molecule has 0 unspecified atom stereocenters. The molecule has 0 saturated carbocycles. The van der Waals surface area contributed by atoms with Crippen LogP contribution in [0, 0.1) is 13.0 Å². The van der Waals surface area contributed by atoms with E-state index in [1.165, 1.54) is 0 Å². The fraction of sp³-hybridized carbons (Fsp3) is 0.250. The van der Waals surface area contributed by atoms with Gasteiger partial charge in [0.15, 0.2) is 0 Å². The van der Waals surface area contributed by atoms with Gasteiger partial charge in [0, 0.05) is 0 Å². The molecule has 1 rings (SSSR count). The van der Waals surface area contributed by atoms with Gasteiger partial charge in [-0.2, -0.15) is 10.2 Å². The van der Waals surface area contributed by atoms with Crippen molar-refractivity contribution in [1.29, 1.82) is 0 Å². The molecule has 0 saturated heterocycles. The van der Waals surface area contributed by atoms with Gasteiger partial charge in [0.1, 0.15) is 0 Å². The Morgan fingerprint density at radius 2 is 2.11 bits per heavy atom. The summed E-state index contributed by atoms with van der Waals surface area (Å²) in [5.74, 6) is 0. The van der Waals surface area contributed by atoms with Crippen molar-refractivity contribution in [3.8, 4) is 0 Å². The van der Waals surface area contributed by atoms with E-state index in [1.807, 2.05) is 0 Å². The molecule has 1 aromatic heterocycles. The molecule has 1 radical (unpaired) electrons. The first-order chi connectivity index (χ1) is 3.79. The number of hydrogen-bond donors (Lipinski definition) is 0. The quantitative estimate of drug-likeness (QED) is 0.610. The van der Waals surface area contributed by atoms with Gasteiger partial charge in [-0.25, -0.2) is 0 Å². The number of nitrogens with zero attached hydrogens (tertiary/aromatic N) is 3. The number of hydrogen-bond acceptors (Lipinski definition) is 3. The Kier molecular flexibility index (Phi) is 4.01. The van der Waals surface area contributed by atoms with Crippen molar-refractivity contribution < 1.29 is 18.6 Å². The van der Waals surface area contributed by atoms with Crippen LogP contribution in [-0.4, -0.2) is 15.4 Å². The van der Waals surface area contributed by atoms with Crippen LogP contribution >= 0.6 is 15.9 Å². The first-order valence-corrected chi connectivity index (χ1v) is 2.83. The minimum absolute atomic E-state index is 0. The zero-order chi connectivity index (χ0) is 5.98. The van der Waals surface area contributed by atoms with E-state index in [-0.39, 0.29) is 18.6 Å². The van der Waals surface area contributed by atoms with E-state index in [1.54, 1.807) is 6.92 Å². The van der Waals surface area contributed by atoms with Gasteiger partial charge < -0.3 is 6.07 Å². The van der Waals surface area contributed by atoms with Gasteiger partial charge in [-0.3, -0.25) is 0 Å². The van der Waals surface area contributed by atoms with Gasteiger partial charge in [0.2, 0.25) is 0 Å². The van der Waals surface area contributed by atoms with Crippen molar-refractivity contribution in [2.75, 3.05) is 0 Å². The van der Waals surface area contributed by atoms with Crippen molar-refractivity contribution in [3.63, 3.8) is 0 Å². The maximum absolute atomic E-state index is 3.59. The Labute approximate surface area is 73.3 Å². The first-order valence-electron chi connectivity index (χ1n) is 2.04. The average molecular weight is 224 g/mol. The normalized spacial score (nSPS) is 8.22. The zero-order valence-electron chi connectivity index (χ0n) is 4.67. The maximum atomic E-state index is 3.59. The number of halogens is 1. The van der Waals surface area contributed by atoms with Gasteiger partial charge in [-0.05, 0) is 9.82 Å². The van der Waals surface area contributed by atoms with Crippen LogP contribution in [0.1, 0.15) is 5.69 Å². The Morgan fingerprint density at radius 1 is 1.44 bits per heavy atom. The maximum Gasteiger partial charge on any atom is 2.00 e. The molecule has 0 spiro atoms. The summed E-state index contributed by atoms with van der Waals surface area (Å²) in [4.78, 5) is 0. The largest absolute Gasteiger partial charge is 2.00 e. The number of aromatic nitrogens is 3. The summed E-state index contributed by atoms with van der Waals surface area (Å²) in [6.45, 7) is 1.80. The van der Waals surface area contributed by atoms with Gasteiger partial charge in [-0.1, -0.05) is 22.9 Å². The van der Waals surface area contributed by atoms with Crippen molar-refractivity contribution in [2.24, 2.45) is 0 Å². The van der Waals surface area contributed by atoms with Crippen molar-refractivity contribution in [2.45, 2.75) is 6.92 Å². The van der Waals surface area contributed by atoms with Gasteiger partial charge in [-0.15, -0.1) is 5.69 Å². The topological polar surface area (TPSA) is 38.7 Å². The van der Waals surface area contributed by atoms with Gasteiger partial charge in [0.25, 0.3) is 0 Å². The molecular weight excluding hydrogens is 221 g/mol. The van der Waals surface area contributed by atoms with Gasteiger partial charge in [0.05, 0.1) is 0 Å². The number of rotatable bonds is 0. The molecule has 0 aromatic carbocycles. The van der Waals surface area contributed by atoms with E-state index in [4.69, 9.17) is 0 Å². The molecule has 9 heavy (non-hydrogen) atoms. The number of aryl methyl sites for hydroxylation is 1. The zero-order valence-corrected chi connectivity index (χ0v) is 7.65. The van der Waals surface area contributed by atoms with E-state index < -0.39 is 0 Å². The predicted molar refractivity (Wildman–Crippen MR) is 31.1 cm³/mol. The third-order valence-electron chi connectivity index (χ3n) is 0.611. The molecule has 1 heterocycles. The molecule has 0 bridgehead atoms. The fourth-order valence-electron chi connectivity index (χ4n) is 0.328. The van der Waals surface area contributed by atoms with Gasteiger partial charge >= 0.3 is 18.6 Å². The standard InChI is InChI=1S/C4H3BrN3.V/c1-3-2-4(5)7-8-6-3;/h1H3;/q-1;+2. The summed E-state index contributed by atoms with van der Waals surface area (Å²) in [5.41, 5.74) is 0.742. The summed E-state index contributed by atoms with van der Waals surface area (Å²) in [5, 5.41) is 10.5. The van der Waals surface area contributed by atoms with Crippen molar-refractivity contribution >= 4 is 15.9 Å². The second-order valence-corrected chi connectivity index (χ2v) is 2.04. The van der Waals surface area contributed by atoms with Crippen molar-refractivity contribution in [1.82, 2.24) is 15.4 Å². The van der Waals surface area contributed by atoms with Crippen LogP contribution < -0.4 is 0 Å². The molecule has 0 fully saturated rings. The van der Waals surface area contributed by atoms with Crippen LogP contribution in [0.5, 0.6) is 0 Å². The van der Waals surface area contributed by atoms with Crippen LogP contribution in [-0.2, 0) is 18.6 Å². The third kappa shape index (κ3) is 2.94. The molecule has 1 aromatic rings. The second kappa shape index (κ2) is 3.98. The molecule has 0 aliphatic heterocycles. The summed E-state index contributed by atoms with van der Waals surface area (Å²) >= 11 is 3.09. The minimum atomic E-state index is 0. The summed E-state index contributed by atoms with van der Waals surface area (Å²) < 4.78 is 0.602. The Hall–Kier alpha value is 0.0744. The Balaban J connectivity index is 0.000000640. The molecule has 0 aliphatic carbocycles. The third-order valence-corrected chi connectivity index (χ3v) is 0.968. The monoisotopic (exact) mass is 223 g/mol. The molecule has 0 atom stereocenters. The van der Waals surface area contributed by atoms with Crippen LogP contribution in [0.4, 0.5) is 0 Å². The van der Waals surface area contributed by atoms with E-state index in [0.29, 0.717) is 4.60 Å². The minimum Gasteiger partial charge on any atom is -0.411 e. The van der Waals surface area contributed by atoms with E-state index >= 15 is 0 Å². The van der Waals surface area contributed by atoms with E-state index in [9.17, 15) is 0 Å². The van der Waals surface area contributed by atoms with Crippen LogP contribution in [0.15, 0.2) is 4.60 Å². The fourth-order valence-corrected chi connectivity index (χ4v) is 0.686.